The topological polar surface area (TPSA) is 80.6 Å². The smallest absolute Gasteiger partial charge is 0.272 e. The lowest BCUT2D eigenvalue weighted by atomic mass is 10.1. The second-order valence-corrected chi connectivity index (χ2v) is 6.31. The van der Waals surface area contributed by atoms with Gasteiger partial charge in [-0.25, -0.2) is 0 Å². The predicted molar refractivity (Wildman–Crippen MR) is 112 cm³/mol. The summed E-state index contributed by atoms with van der Waals surface area (Å²) in [6.45, 7) is 4.40. The third kappa shape index (κ3) is 5.59. The Bertz CT molecular complexity index is 988. The van der Waals surface area contributed by atoms with Crippen LogP contribution in [0.4, 0.5) is 5.69 Å². The van der Waals surface area contributed by atoms with E-state index in [1.165, 1.54) is 12.3 Å². The van der Waals surface area contributed by atoms with Crippen LogP contribution in [0, 0.1) is 6.92 Å². The van der Waals surface area contributed by atoms with Gasteiger partial charge in [0.1, 0.15) is 17.2 Å². The van der Waals surface area contributed by atoms with Crippen molar-refractivity contribution in [3.05, 3.63) is 89.5 Å². The molecule has 0 aliphatic carbocycles. The maximum atomic E-state index is 12.8. The molecular weight excluding hydrogens is 368 g/mol. The van der Waals surface area contributed by atoms with Crippen LogP contribution < -0.4 is 15.4 Å². The van der Waals surface area contributed by atoms with Gasteiger partial charge < -0.3 is 19.8 Å². The quantitative estimate of drug-likeness (QED) is 0.586. The fourth-order valence-electron chi connectivity index (χ4n) is 2.57. The monoisotopic (exact) mass is 390 g/mol. The van der Waals surface area contributed by atoms with Gasteiger partial charge in [0.05, 0.1) is 12.9 Å². The zero-order valence-electron chi connectivity index (χ0n) is 16.3. The van der Waals surface area contributed by atoms with Crippen molar-refractivity contribution in [2.75, 3.05) is 11.9 Å². The third-order valence-corrected chi connectivity index (χ3v) is 4.06. The highest BCUT2D eigenvalue weighted by molar-refractivity contribution is 6.10. The van der Waals surface area contributed by atoms with E-state index >= 15 is 0 Å². The first-order valence-electron chi connectivity index (χ1n) is 9.22. The van der Waals surface area contributed by atoms with E-state index in [1.54, 1.807) is 48.5 Å². The van der Waals surface area contributed by atoms with Gasteiger partial charge in [-0.3, -0.25) is 9.59 Å². The van der Waals surface area contributed by atoms with E-state index in [0.717, 1.165) is 5.56 Å². The van der Waals surface area contributed by atoms with Gasteiger partial charge in [0.25, 0.3) is 11.8 Å². The average Bonchev–Trinajstić information content (AvgIpc) is 3.23. The molecule has 29 heavy (non-hydrogen) atoms. The Hall–Kier alpha value is -3.80. The number of aryl methyl sites for hydroxylation is 1. The number of hydrogen-bond donors (Lipinski definition) is 2. The molecule has 3 aromatic rings. The minimum Gasteiger partial charge on any atom is -0.494 e. The Morgan fingerprint density at radius 2 is 1.76 bits per heavy atom. The molecule has 0 saturated heterocycles. The van der Waals surface area contributed by atoms with E-state index in [0.29, 0.717) is 29.4 Å². The fourth-order valence-corrected chi connectivity index (χ4v) is 2.57. The van der Waals surface area contributed by atoms with Gasteiger partial charge in [-0.1, -0.05) is 17.7 Å². The lowest BCUT2D eigenvalue weighted by molar-refractivity contribution is -0.113. The van der Waals surface area contributed by atoms with Crippen molar-refractivity contribution in [3.8, 4) is 5.75 Å². The van der Waals surface area contributed by atoms with E-state index in [2.05, 4.69) is 10.6 Å². The molecule has 0 atom stereocenters. The van der Waals surface area contributed by atoms with Crippen molar-refractivity contribution >= 4 is 23.6 Å². The molecule has 6 nitrogen and oxygen atoms in total. The normalized spacial score (nSPS) is 11.0. The molecule has 2 N–H and O–H groups in total. The minimum atomic E-state index is -0.467. The Morgan fingerprint density at radius 3 is 2.38 bits per heavy atom. The van der Waals surface area contributed by atoms with Gasteiger partial charge in [0.2, 0.25) is 0 Å². The summed E-state index contributed by atoms with van der Waals surface area (Å²) in [7, 11) is 0. The Balaban J connectivity index is 1.78. The molecule has 0 aliphatic rings. The molecule has 6 heteroatoms. The summed E-state index contributed by atoms with van der Waals surface area (Å²) in [5.74, 6) is 0.311. The van der Waals surface area contributed by atoms with Gasteiger partial charge in [0.15, 0.2) is 0 Å². The Kier molecular flexibility index (Phi) is 6.47. The molecule has 0 bridgehead atoms. The van der Waals surface area contributed by atoms with E-state index in [9.17, 15) is 9.59 Å². The molecule has 0 radical (unpaired) electrons. The van der Waals surface area contributed by atoms with Gasteiger partial charge in [-0.2, -0.15) is 0 Å². The minimum absolute atomic E-state index is 0.0689. The molecule has 0 unspecified atom stereocenters. The molecular formula is C23H22N2O4. The molecule has 0 saturated carbocycles. The molecule has 2 amide bonds. The van der Waals surface area contributed by atoms with Crippen molar-refractivity contribution in [1.29, 1.82) is 0 Å². The molecule has 2 aromatic carbocycles. The van der Waals surface area contributed by atoms with Crippen LogP contribution in [0.5, 0.6) is 5.75 Å². The summed E-state index contributed by atoms with van der Waals surface area (Å²) >= 11 is 0. The third-order valence-electron chi connectivity index (χ3n) is 4.06. The number of furan rings is 1. The summed E-state index contributed by atoms with van der Waals surface area (Å²) < 4.78 is 10.7. The van der Waals surface area contributed by atoms with Gasteiger partial charge >= 0.3 is 0 Å². The zero-order chi connectivity index (χ0) is 20.6. The molecule has 3 rings (SSSR count). The first-order valence-corrected chi connectivity index (χ1v) is 9.22. The van der Waals surface area contributed by atoms with Crippen molar-refractivity contribution in [1.82, 2.24) is 5.32 Å². The van der Waals surface area contributed by atoms with Crippen LogP contribution in [0.3, 0.4) is 0 Å². The number of benzene rings is 2. The number of ether oxygens (including phenoxy) is 1. The summed E-state index contributed by atoms with van der Waals surface area (Å²) in [6.07, 6.45) is 2.98. The van der Waals surface area contributed by atoms with Crippen LogP contribution in [0.15, 0.2) is 77.0 Å². The SMILES string of the molecule is CCOc1ccc(NC(=O)/C(=C/c2ccco2)NC(=O)c2ccc(C)cc2)cc1. The van der Waals surface area contributed by atoms with Crippen LogP contribution in [-0.2, 0) is 4.79 Å². The lowest BCUT2D eigenvalue weighted by Crippen LogP contribution is -2.30. The average molecular weight is 390 g/mol. The number of amides is 2. The molecule has 0 fully saturated rings. The van der Waals surface area contributed by atoms with Gasteiger partial charge in [0, 0.05) is 17.3 Å². The summed E-state index contributed by atoms with van der Waals surface area (Å²) in [6, 6.07) is 17.5. The van der Waals surface area contributed by atoms with Crippen LogP contribution in [0.1, 0.15) is 28.6 Å². The number of anilines is 1. The predicted octanol–water partition coefficient (Wildman–Crippen LogP) is 4.40. The highest BCUT2D eigenvalue weighted by Crippen LogP contribution is 2.17. The number of nitrogens with one attached hydrogen (secondary N) is 2. The van der Waals surface area contributed by atoms with Crippen LogP contribution in [0.25, 0.3) is 6.08 Å². The van der Waals surface area contributed by atoms with Crippen molar-refractivity contribution in [2.24, 2.45) is 0 Å². The maximum Gasteiger partial charge on any atom is 0.272 e. The second kappa shape index (κ2) is 9.41. The first-order chi connectivity index (χ1) is 14.0. The van der Waals surface area contributed by atoms with Crippen molar-refractivity contribution in [3.63, 3.8) is 0 Å². The maximum absolute atomic E-state index is 12.8. The zero-order valence-corrected chi connectivity index (χ0v) is 16.3. The summed E-state index contributed by atoms with van der Waals surface area (Å²) in [5, 5.41) is 5.44. The van der Waals surface area contributed by atoms with Crippen molar-refractivity contribution in [2.45, 2.75) is 13.8 Å². The van der Waals surface area contributed by atoms with E-state index in [1.807, 2.05) is 26.0 Å². The van der Waals surface area contributed by atoms with Crippen LogP contribution >= 0.6 is 0 Å². The van der Waals surface area contributed by atoms with Gasteiger partial charge in [-0.15, -0.1) is 0 Å². The number of carbonyl (C=O) groups excluding carboxylic acids is 2. The lowest BCUT2D eigenvalue weighted by Gasteiger charge is -2.11. The van der Waals surface area contributed by atoms with Crippen molar-refractivity contribution < 1.29 is 18.7 Å². The Labute approximate surface area is 169 Å². The Morgan fingerprint density at radius 1 is 1.03 bits per heavy atom. The largest absolute Gasteiger partial charge is 0.494 e. The fraction of sp³-hybridized carbons (Fsp3) is 0.130. The van der Waals surface area contributed by atoms with Gasteiger partial charge in [-0.05, 0) is 62.4 Å². The standard InChI is InChI=1S/C23H22N2O4/c1-3-28-19-12-10-18(11-13-19)24-23(27)21(15-20-5-4-14-29-20)25-22(26)17-8-6-16(2)7-9-17/h4-15H,3H2,1-2H3,(H,24,27)(H,25,26)/b21-15-. The number of hydrogen-bond acceptors (Lipinski definition) is 4. The van der Waals surface area contributed by atoms with Crippen LogP contribution in [-0.4, -0.2) is 18.4 Å². The van der Waals surface area contributed by atoms with E-state index in [4.69, 9.17) is 9.15 Å². The number of rotatable bonds is 7. The molecule has 1 heterocycles. The summed E-state index contributed by atoms with van der Waals surface area (Å²) in [5.41, 5.74) is 2.14. The molecule has 1 aromatic heterocycles. The highest BCUT2D eigenvalue weighted by atomic mass is 16.5. The second-order valence-electron chi connectivity index (χ2n) is 6.31. The van der Waals surface area contributed by atoms with E-state index < -0.39 is 5.91 Å². The molecule has 148 valence electrons. The van der Waals surface area contributed by atoms with E-state index in [-0.39, 0.29) is 11.6 Å². The molecule has 0 aliphatic heterocycles. The molecule has 0 spiro atoms. The summed E-state index contributed by atoms with van der Waals surface area (Å²) in [4.78, 5) is 25.4. The first kappa shape index (κ1) is 19.9. The number of carbonyl (C=O) groups is 2. The van der Waals surface area contributed by atoms with Crippen LogP contribution in [0.2, 0.25) is 0 Å². The highest BCUT2D eigenvalue weighted by Gasteiger charge is 2.15.